The van der Waals surface area contributed by atoms with Crippen molar-refractivity contribution in [2.45, 2.75) is 45.6 Å². The van der Waals surface area contributed by atoms with E-state index in [1.165, 1.54) is 7.11 Å². The smallest absolute Gasteiger partial charge is 0.339 e. The van der Waals surface area contributed by atoms with Crippen molar-refractivity contribution in [3.05, 3.63) is 47.3 Å². The van der Waals surface area contributed by atoms with Gasteiger partial charge in [0.05, 0.1) is 36.5 Å². The average molecular weight is 480 g/mol. The van der Waals surface area contributed by atoms with Gasteiger partial charge in [0.25, 0.3) is 5.91 Å². The minimum absolute atomic E-state index is 0.0787. The molecule has 0 radical (unpaired) electrons. The molecule has 1 aliphatic rings. The van der Waals surface area contributed by atoms with Crippen molar-refractivity contribution in [3.8, 4) is 5.75 Å². The lowest BCUT2D eigenvalue weighted by Crippen LogP contribution is -2.35. The van der Waals surface area contributed by atoms with Crippen molar-refractivity contribution >= 4 is 34.5 Å². The average Bonchev–Trinajstić information content (AvgIpc) is 3.59. The number of pyridine rings is 1. The Morgan fingerprint density at radius 3 is 2.63 bits per heavy atom. The molecule has 1 aromatic carbocycles. The second-order valence-corrected chi connectivity index (χ2v) is 8.89. The molecule has 0 unspecified atom stereocenters. The number of nitrogens with one attached hydrogen (secondary N) is 2. The molecule has 3 aromatic rings. The molecule has 2 N–H and O–H groups in total. The van der Waals surface area contributed by atoms with Gasteiger partial charge >= 0.3 is 5.97 Å². The van der Waals surface area contributed by atoms with Gasteiger partial charge in [-0.3, -0.25) is 9.59 Å². The fourth-order valence-corrected chi connectivity index (χ4v) is 3.73. The molecule has 0 bridgehead atoms. The maximum atomic E-state index is 12.9. The van der Waals surface area contributed by atoms with E-state index in [-0.39, 0.29) is 12.6 Å². The number of carbonyl (C=O) groups excluding carboxylic acids is 3. The van der Waals surface area contributed by atoms with E-state index >= 15 is 0 Å². The Labute approximate surface area is 203 Å². The molecule has 2 amide bonds. The molecule has 10 nitrogen and oxygen atoms in total. The lowest BCUT2D eigenvalue weighted by Gasteiger charge is -2.12. The highest BCUT2D eigenvalue weighted by molar-refractivity contribution is 6.03. The fourth-order valence-electron chi connectivity index (χ4n) is 3.73. The van der Waals surface area contributed by atoms with Crippen LogP contribution in [0.2, 0.25) is 0 Å². The quantitative estimate of drug-likeness (QED) is 0.452. The monoisotopic (exact) mass is 479 g/mol. The number of nitrogens with zero attached hydrogens (tertiary/aromatic N) is 3. The highest BCUT2D eigenvalue weighted by atomic mass is 16.5. The molecule has 0 aliphatic heterocycles. The Morgan fingerprint density at radius 2 is 1.94 bits per heavy atom. The van der Waals surface area contributed by atoms with Crippen LogP contribution in [0, 0.1) is 6.92 Å². The summed E-state index contributed by atoms with van der Waals surface area (Å²) < 4.78 is 12.3. The van der Waals surface area contributed by atoms with Gasteiger partial charge in [-0.1, -0.05) is 6.07 Å². The van der Waals surface area contributed by atoms with Crippen LogP contribution in [0.15, 0.2) is 30.5 Å². The highest BCUT2D eigenvalue weighted by Crippen LogP contribution is 2.40. The van der Waals surface area contributed by atoms with Crippen molar-refractivity contribution in [1.82, 2.24) is 20.1 Å². The van der Waals surface area contributed by atoms with Crippen LogP contribution in [-0.2, 0) is 14.3 Å². The number of hydrogen-bond donors (Lipinski definition) is 2. The Balaban J connectivity index is 1.36. The lowest BCUT2D eigenvalue weighted by atomic mass is 10.1. The summed E-state index contributed by atoms with van der Waals surface area (Å²) in [4.78, 5) is 42.1. The fraction of sp³-hybridized carbons (Fsp3) is 0.400. The Morgan fingerprint density at radius 1 is 1.17 bits per heavy atom. The zero-order valence-corrected chi connectivity index (χ0v) is 20.3. The topological polar surface area (TPSA) is 124 Å². The van der Waals surface area contributed by atoms with E-state index < -0.39 is 24.4 Å². The van der Waals surface area contributed by atoms with E-state index in [0.717, 1.165) is 24.1 Å². The molecule has 35 heavy (non-hydrogen) atoms. The minimum Gasteiger partial charge on any atom is -0.495 e. The number of hydrogen-bond acceptors (Lipinski definition) is 7. The van der Waals surface area contributed by atoms with Gasteiger partial charge in [0.15, 0.2) is 12.3 Å². The third kappa shape index (κ3) is 5.59. The van der Waals surface area contributed by atoms with Gasteiger partial charge in [0.2, 0.25) is 5.91 Å². The number of amides is 2. The van der Waals surface area contributed by atoms with E-state index in [2.05, 4.69) is 15.7 Å². The van der Waals surface area contributed by atoms with E-state index in [1.807, 2.05) is 26.8 Å². The van der Waals surface area contributed by atoms with Crippen LogP contribution in [-0.4, -0.2) is 52.8 Å². The first-order valence-electron chi connectivity index (χ1n) is 11.5. The summed E-state index contributed by atoms with van der Waals surface area (Å²) >= 11 is 0. The molecular formula is C25H29N5O5. The number of benzene rings is 1. The molecule has 2 heterocycles. The number of aryl methyl sites for hydroxylation is 1. The molecule has 1 aliphatic carbocycles. The van der Waals surface area contributed by atoms with Gasteiger partial charge in [0, 0.05) is 17.7 Å². The van der Waals surface area contributed by atoms with Gasteiger partial charge in [-0.05, 0) is 57.4 Å². The van der Waals surface area contributed by atoms with Crippen LogP contribution in [0.1, 0.15) is 60.3 Å². The third-order valence-corrected chi connectivity index (χ3v) is 5.70. The number of rotatable bonds is 9. The second-order valence-electron chi connectivity index (χ2n) is 8.89. The Hall–Kier alpha value is -3.95. The van der Waals surface area contributed by atoms with E-state index in [4.69, 9.17) is 14.5 Å². The maximum absolute atomic E-state index is 12.9. The van der Waals surface area contributed by atoms with Gasteiger partial charge in [-0.2, -0.15) is 5.10 Å². The van der Waals surface area contributed by atoms with Gasteiger partial charge < -0.3 is 20.1 Å². The molecular weight excluding hydrogens is 450 g/mol. The normalized spacial score (nSPS) is 13.1. The second kappa shape index (κ2) is 10.1. The molecule has 0 saturated heterocycles. The van der Waals surface area contributed by atoms with Crippen molar-refractivity contribution in [2.24, 2.45) is 0 Å². The molecule has 10 heteroatoms. The largest absolute Gasteiger partial charge is 0.495 e. The summed E-state index contributed by atoms with van der Waals surface area (Å²) in [7, 11) is 1.51. The number of fused-ring (bicyclic) bond motifs is 1. The summed E-state index contributed by atoms with van der Waals surface area (Å²) in [6, 6.07) is 7.19. The maximum Gasteiger partial charge on any atom is 0.339 e. The zero-order chi connectivity index (χ0) is 25.1. The van der Waals surface area contributed by atoms with Crippen LogP contribution in [0.3, 0.4) is 0 Å². The lowest BCUT2D eigenvalue weighted by molar-refractivity contribution is -0.126. The van der Waals surface area contributed by atoms with E-state index in [0.29, 0.717) is 34.0 Å². The van der Waals surface area contributed by atoms with Crippen LogP contribution < -0.4 is 15.4 Å². The number of aromatic nitrogens is 3. The Kier molecular flexibility index (Phi) is 6.99. The summed E-state index contributed by atoms with van der Waals surface area (Å²) in [5.41, 5.74) is 3.25. The van der Waals surface area contributed by atoms with Crippen molar-refractivity contribution in [1.29, 1.82) is 0 Å². The number of ether oxygens (including phenoxy) is 2. The molecule has 0 spiro atoms. The summed E-state index contributed by atoms with van der Waals surface area (Å²) in [6.07, 6.45) is 3.66. The number of carbonyl (C=O) groups is 3. The zero-order valence-electron chi connectivity index (χ0n) is 20.3. The first kappa shape index (κ1) is 24.2. The van der Waals surface area contributed by atoms with Crippen LogP contribution in [0.5, 0.6) is 5.75 Å². The first-order valence-corrected chi connectivity index (χ1v) is 11.5. The van der Waals surface area contributed by atoms with Gasteiger partial charge in [-0.15, -0.1) is 0 Å². The summed E-state index contributed by atoms with van der Waals surface area (Å²) in [6.45, 7) is 5.08. The summed E-state index contributed by atoms with van der Waals surface area (Å²) in [5, 5.41) is 10.1. The molecule has 2 aromatic heterocycles. The third-order valence-electron chi connectivity index (χ3n) is 5.70. The molecule has 184 valence electrons. The SMILES string of the molecule is COc1ccc(C)cc1NC(=O)CNC(=O)COC(=O)c1cc(C2CC2)nc2c1cnn2C(C)C. The van der Waals surface area contributed by atoms with E-state index in [9.17, 15) is 14.4 Å². The molecule has 0 atom stereocenters. The van der Waals surface area contributed by atoms with Gasteiger partial charge in [-0.25, -0.2) is 14.5 Å². The molecule has 1 fully saturated rings. The van der Waals surface area contributed by atoms with Crippen molar-refractivity contribution in [3.63, 3.8) is 0 Å². The van der Waals surface area contributed by atoms with Crippen LogP contribution in [0.25, 0.3) is 11.0 Å². The standard InChI is InChI=1S/C25H29N5O5/c1-14(2)30-24-18(11-27-30)17(10-19(29-24)16-6-7-16)25(33)35-13-23(32)26-12-22(31)28-20-9-15(3)5-8-21(20)34-4/h5,8-11,14,16H,6-7,12-13H2,1-4H3,(H,26,32)(H,28,31). The van der Waals surface area contributed by atoms with E-state index in [1.54, 1.807) is 29.1 Å². The first-order chi connectivity index (χ1) is 16.8. The van der Waals surface area contributed by atoms with Gasteiger partial charge in [0.1, 0.15) is 5.75 Å². The van der Waals surface area contributed by atoms with Crippen molar-refractivity contribution < 1.29 is 23.9 Å². The minimum atomic E-state index is -0.633. The van der Waals surface area contributed by atoms with Crippen molar-refractivity contribution in [2.75, 3.05) is 25.6 Å². The molecule has 4 rings (SSSR count). The number of anilines is 1. The summed E-state index contributed by atoms with van der Waals surface area (Å²) in [5.74, 6) is -0.809. The number of methoxy groups -OCH3 is 1. The molecule has 1 saturated carbocycles. The van der Waals surface area contributed by atoms with Crippen LogP contribution >= 0.6 is 0 Å². The predicted molar refractivity (Wildman–Crippen MR) is 130 cm³/mol. The predicted octanol–water partition coefficient (Wildman–Crippen LogP) is 3.12. The Bertz CT molecular complexity index is 1280. The highest BCUT2D eigenvalue weighted by Gasteiger charge is 2.28. The van der Waals surface area contributed by atoms with Crippen LogP contribution in [0.4, 0.5) is 5.69 Å². The number of esters is 1.